The molecule has 0 spiro atoms. The predicted octanol–water partition coefficient (Wildman–Crippen LogP) is 3.22. The maximum atomic E-state index is 12.9. The van der Waals surface area contributed by atoms with Crippen molar-refractivity contribution in [1.29, 1.82) is 0 Å². The van der Waals surface area contributed by atoms with Crippen LogP contribution in [0, 0.1) is 5.92 Å². The number of hydrogen-bond acceptors (Lipinski definition) is 4. The van der Waals surface area contributed by atoms with E-state index in [2.05, 4.69) is 10.2 Å². The molecule has 3 amide bonds. The van der Waals surface area contributed by atoms with Crippen molar-refractivity contribution >= 4 is 23.4 Å². The van der Waals surface area contributed by atoms with Gasteiger partial charge in [0.1, 0.15) is 0 Å². The molecule has 0 bridgehead atoms. The van der Waals surface area contributed by atoms with E-state index in [0.29, 0.717) is 30.2 Å². The van der Waals surface area contributed by atoms with E-state index in [1.54, 1.807) is 23.1 Å². The number of likely N-dealkylation sites (tertiary alicyclic amines) is 2. The summed E-state index contributed by atoms with van der Waals surface area (Å²) in [6.45, 7) is 10.4. The van der Waals surface area contributed by atoms with E-state index in [-0.39, 0.29) is 23.8 Å². The molecule has 32 heavy (non-hydrogen) atoms. The number of rotatable bonds is 7. The third-order valence-corrected chi connectivity index (χ3v) is 6.90. The molecule has 7 nitrogen and oxygen atoms in total. The van der Waals surface area contributed by atoms with Gasteiger partial charge in [0.25, 0.3) is 5.91 Å². The minimum absolute atomic E-state index is 0.0282. The van der Waals surface area contributed by atoms with Gasteiger partial charge in [-0.05, 0) is 84.2 Å². The second-order valence-electron chi connectivity index (χ2n) is 8.92. The molecule has 1 unspecified atom stereocenters. The van der Waals surface area contributed by atoms with Gasteiger partial charge in [-0.3, -0.25) is 19.3 Å². The highest BCUT2D eigenvalue weighted by Crippen LogP contribution is 2.23. The molecule has 2 saturated heterocycles. The molecular weight excluding hydrogens is 404 g/mol. The summed E-state index contributed by atoms with van der Waals surface area (Å²) >= 11 is 0. The molecule has 2 heterocycles. The van der Waals surface area contributed by atoms with Crippen molar-refractivity contribution in [2.45, 2.75) is 58.9 Å². The standard InChI is InChI=1S/C25H38N4O3/c1-4-27(5-2)25(32)21-10-9-11-22(18-21)26-23(30)19(3)28-16-12-20(13-17-28)24(31)29-14-7-6-8-15-29/h9-11,18-20H,4-8,12-17H2,1-3H3,(H,26,30). The molecule has 2 aliphatic rings. The number of anilines is 1. The van der Waals surface area contributed by atoms with Gasteiger partial charge in [0, 0.05) is 43.3 Å². The van der Waals surface area contributed by atoms with Crippen LogP contribution in [0.1, 0.15) is 63.2 Å². The van der Waals surface area contributed by atoms with Gasteiger partial charge in [-0.25, -0.2) is 0 Å². The molecular formula is C25H38N4O3. The highest BCUT2D eigenvalue weighted by molar-refractivity contribution is 5.98. The van der Waals surface area contributed by atoms with Gasteiger partial charge in [-0.15, -0.1) is 0 Å². The van der Waals surface area contributed by atoms with E-state index >= 15 is 0 Å². The third kappa shape index (κ3) is 5.88. The maximum Gasteiger partial charge on any atom is 0.253 e. The number of nitrogens with one attached hydrogen (secondary N) is 1. The van der Waals surface area contributed by atoms with Crippen molar-refractivity contribution < 1.29 is 14.4 Å². The molecule has 7 heteroatoms. The number of carbonyl (C=O) groups is 3. The smallest absolute Gasteiger partial charge is 0.253 e. The molecule has 1 N–H and O–H groups in total. The Bertz CT molecular complexity index is 794. The van der Waals surface area contributed by atoms with Gasteiger partial charge < -0.3 is 15.1 Å². The lowest BCUT2D eigenvalue weighted by Crippen LogP contribution is -2.49. The van der Waals surface area contributed by atoms with Crippen LogP contribution in [-0.2, 0) is 9.59 Å². The summed E-state index contributed by atoms with van der Waals surface area (Å²) < 4.78 is 0. The lowest BCUT2D eigenvalue weighted by atomic mass is 9.93. The molecule has 2 aliphatic heterocycles. The van der Waals surface area contributed by atoms with Crippen LogP contribution in [0.15, 0.2) is 24.3 Å². The Morgan fingerprint density at radius 1 is 1.03 bits per heavy atom. The van der Waals surface area contributed by atoms with Crippen molar-refractivity contribution in [2.24, 2.45) is 5.92 Å². The molecule has 176 valence electrons. The predicted molar refractivity (Wildman–Crippen MR) is 127 cm³/mol. The highest BCUT2D eigenvalue weighted by atomic mass is 16.2. The highest BCUT2D eigenvalue weighted by Gasteiger charge is 2.32. The largest absolute Gasteiger partial charge is 0.342 e. The van der Waals surface area contributed by atoms with Crippen molar-refractivity contribution in [1.82, 2.24) is 14.7 Å². The van der Waals surface area contributed by atoms with Gasteiger partial charge in [0.2, 0.25) is 11.8 Å². The first-order valence-corrected chi connectivity index (χ1v) is 12.2. The molecule has 0 aliphatic carbocycles. The van der Waals surface area contributed by atoms with E-state index in [0.717, 1.165) is 51.9 Å². The van der Waals surface area contributed by atoms with Crippen LogP contribution in [0.5, 0.6) is 0 Å². The van der Waals surface area contributed by atoms with Gasteiger partial charge in [-0.1, -0.05) is 6.07 Å². The first-order valence-electron chi connectivity index (χ1n) is 12.2. The number of amides is 3. The quantitative estimate of drug-likeness (QED) is 0.704. The fourth-order valence-electron chi connectivity index (χ4n) is 4.74. The topological polar surface area (TPSA) is 73.0 Å². The molecule has 0 radical (unpaired) electrons. The molecule has 1 atom stereocenters. The summed E-state index contributed by atoms with van der Waals surface area (Å²) in [7, 11) is 0. The number of hydrogen-bond donors (Lipinski definition) is 1. The third-order valence-electron chi connectivity index (χ3n) is 6.90. The van der Waals surface area contributed by atoms with Crippen molar-refractivity contribution in [3.05, 3.63) is 29.8 Å². The van der Waals surface area contributed by atoms with E-state index in [9.17, 15) is 14.4 Å². The second kappa shape index (κ2) is 11.5. The fraction of sp³-hybridized carbons (Fsp3) is 0.640. The van der Waals surface area contributed by atoms with Crippen molar-refractivity contribution in [2.75, 3.05) is 44.6 Å². The Morgan fingerprint density at radius 2 is 1.69 bits per heavy atom. The van der Waals surface area contributed by atoms with Gasteiger partial charge in [0.05, 0.1) is 6.04 Å². The van der Waals surface area contributed by atoms with Crippen LogP contribution in [0.25, 0.3) is 0 Å². The Hall–Kier alpha value is -2.41. The van der Waals surface area contributed by atoms with Crippen LogP contribution in [0.4, 0.5) is 5.69 Å². The lowest BCUT2D eigenvalue weighted by Gasteiger charge is -2.37. The minimum Gasteiger partial charge on any atom is -0.342 e. The van der Waals surface area contributed by atoms with Gasteiger partial charge in [0.15, 0.2) is 0 Å². The molecule has 2 fully saturated rings. The molecule has 1 aromatic rings. The first-order chi connectivity index (χ1) is 15.4. The summed E-state index contributed by atoms with van der Waals surface area (Å²) in [6.07, 6.45) is 5.07. The molecule has 1 aromatic carbocycles. The Labute approximate surface area is 192 Å². The van der Waals surface area contributed by atoms with E-state index in [4.69, 9.17) is 0 Å². The van der Waals surface area contributed by atoms with Crippen molar-refractivity contribution in [3.8, 4) is 0 Å². The zero-order valence-corrected chi connectivity index (χ0v) is 19.8. The number of benzene rings is 1. The van der Waals surface area contributed by atoms with Crippen molar-refractivity contribution in [3.63, 3.8) is 0 Å². The van der Waals surface area contributed by atoms with Gasteiger partial charge >= 0.3 is 0 Å². The SMILES string of the molecule is CCN(CC)C(=O)c1cccc(NC(=O)C(C)N2CCC(C(=O)N3CCCCC3)CC2)c1. The number of piperidine rings is 2. The Morgan fingerprint density at radius 3 is 2.31 bits per heavy atom. The van der Waals surface area contributed by atoms with Crippen LogP contribution in [-0.4, -0.2) is 77.7 Å². The molecule has 3 rings (SSSR count). The number of carbonyl (C=O) groups excluding carboxylic acids is 3. The maximum absolute atomic E-state index is 12.9. The van der Waals surface area contributed by atoms with E-state index in [1.165, 1.54) is 6.42 Å². The average Bonchev–Trinajstić information content (AvgIpc) is 2.84. The second-order valence-corrected chi connectivity index (χ2v) is 8.92. The van der Waals surface area contributed by atoms with Crippen LogP contribution in [0.3, 0.4) is 0 Å². The first kappa shape index (κ1) is 24.2. The van der Waals surface area contributed by atoms with E-state index in [1.807, 2.05) is 31.7 Å². The summed E-state index contributed by atoms with van der Waals surface area (Å²) in [5, 5.41) is 2.97. The average molecular weight is 443 g/mol. The number of nitrogens with zero attached hydrogens (tertiary/aromatic N) is 3. The zero-order valence-electron chi connectivity index (χ0n) is 19.8. The fourth-order valence-corrected chi connectivity index (χ4v) is 4.74. The monoisotopic (exact) mass is 442 g/mol. The van der Waals surface area contributed by atoms with Crippen LogP contribution >= 0.6 is 0 Å². The summed E-state index contributed by atoms with van der Waals surface area (Å²) in [5.41, 5.74) is 1.21. The zero-order chi connectivity index (χ0) is 23.1. The molecule has 0 aromatic heterocycles. The van der Waals surface area contributed by atoms with Gasteiger partial charge in [-0.2, -0.15) is 0 Å². The summed E-state index contributed by atoms with van der Waals surface area (Å²) in [6, 6.07) is 6.85. The van der Waals surface area contributed by atoms with Crippen LogP contribution in [0.2, 0.25) is 0 Å². The van der Waals surface area contributed by atoms with E-state index < -0.39 is 0 Å². The summed E-state index contributed by atoms with van der Waals surface area (Å²) in [5.74, 6) is 0.274. The minimum atomic E-state index is -0.289. The Balaban J connectivity index is 1.52. The normalized spacial score (nSPS) is 18.8. The lowest BCUT2D eigenvalue weighted by molar-refractivity contribution is -0.138. The molecule has 0 saturated carbocycles. The Kier molecular flexibility index (Phi) is 8.67. The summed E-state index contributed by atoms with van der Waals surface area (Å²) in [4.78, 5) is 44.2. The van der Waals surface area contributed by atoms with Crippen LogP contribution < -0.4 is 5.32 Å².